The van der Waals surface area contributed by atoms with E-state index in [1.54, 1.807) is 0 Å². The van der Waals surface area contributed by atoms with E-state index in [4.69, 9.17) is 26.3 Å². The zero-order valence-corrected chi connectivity index (χ0v) is 17.6. The fraction of sp³-hybridized carbons (Fsp3) is 0.611. The number of hydrogen-bond donors (Lipinski definition) is 1. The van der Waals surface area contributed by atoms with Crippen LogP contribution in [0, 0.1) is 17.6 Å². The summed E-state index contributed by atoms with van der Waals surface area (Å²) < 4.78 is 27.4. The fourth-order valence-corrected chi connectivity index (χ4v) is 2.76. The van der Waals surface area contributed by atoms with Crippen molar-refractivity contribution in [2.75, 3.05) is 18.0 Å². The number of benzene rings is 1. The average Bonchev–Trinajstić information content (AvgIpc) is 3.00. The molecule has 0 aliphatic carbocycles. The van der Waals surface area contributed by atoms with E-state index in [1.165, 1.54) is 18.9 Å². The van der Waals surface area contributed by atoms with Crippen molar-refractivity contribution in [1.29, 1.82) is 0 Å². The van der Waals surface area contributed by atoms with Crippen molar-refractivity contribution in [2.45, 2.75) is 58.8 Å². The summed E-state index contributed by atoms with van der Waals surface area (Å²) in [5.74, 6) is -0.913. The van der Waals surface area contributed by atoms with Crippen molar-refractivity contribution in [3.8, 4) is 0 Å². The molecule has 0 saturated carbocycles. The van der Waals surface area contributed by atoms with Crippen LogP contribution in [0.15, 0.2) is 11.0 Å². The van der Waals surface area contributed by atoms with Crippen molar-refractivity contribution in [3.63, 3.8) is 0 Å². The van der Waals surface area contributed by atoms with Crippen LogP contribution in [-0.4, -0.2) is 19.2 Å². The van der Waals surface area contributed by atoms with Gasteiger partial charge in [-0.15, -0.1) is 0 Å². The molecular weight excluding hydrogens is 382 g/mol. The van der Waals surface area contributed by atoms with Crippen molar-refractivity contribution >= 4 is 35.4 Å². The number of nitrogens with zero attached hydrogens (tertiary/aromatic N) is 1. The third kappa shape index (κ3) is 9.53. The predicted molar refractivity (Wildman–Crippen MR) is 104 cm³/mol. The zero-order chi connectivity index (χ0) is 20.7. The Morgan fingerprint density at radius 1 is 1.27 bits per heavy atom. The number of halogens is 3. The number of rotatable bonds is 2. The number of carbonyl (C=O) groups excluding carboxylic acids is 2. The summed E-state index contributed by atoms with van der Waals surface area (Å²) in [6, 6.07) is 1.26. The maximum atomic E-state index is 13.8. The summed E-state index contributed by atoms with van der Waals surface area (Å²) in [7, 11) is 0. The summed E-state index contributed by atoms with van der Waals surface area (Å²) in [5.41, 5.74) is 0.420. The quantitative estimate of drug-likeness (QED) is 0.502. The van der Waals surface area contributed by atoms with Crippen LogP contribution in [0.1, 0.15) is 53.9 Å². The molecule has 1 aromatic carbocycles. The summed E-state index contributed by atoms with van der Waals surface area (Å²) in [6.45, 7) is 12.1. The maximum Gasteiger partial charge on any atom is 0.373 e. The van der Waals surface area contributed by atoms with E-state index in [2.05, 4.69) is 34.6 Å². The van der Waals surface area contributed by atoms with Gasteiger partial charge in [-0.25, -0.2) is 8.78 Å². The summed E-state index contributed by atoms with van der Waals surface area (Å²) >= 11 is 6.46. The van der Waals surface area contributed by atoms with E-state index in [0.29, 0.717) is 23.6 Å². The average molecular weight is 411 g/mol. The highest BCUT2D eigenvalue weighted by Crippen LogP contribution is 2.37. The highest BCUT2D eigenvalue weighted by molar-refractivity contribution is 7.97. The van der Waals surface area contributed by atoms with Crippen molar-refractivity contribution < 1.29 is 18.4 Å². The molecule has 4 nitrogen and oxygen atoms in total. The Balaban J connectivity index is 0. The van der Waals surface area contributed by atoms with Gasteiger partial charge in [0.1, 0.15) is 10.8 Å². The van der Waals surface area contributed by atoms with E-state index < -0.39 is 11.6 Å². The van der Waals surface area contributed by atoms with Crippen LogP contribution in [0.5, 0.6) is 0 Å². The van der Waals surface area contributed by atoms with Crippen LogP contribution < -0.4 is 10.0 Å². The standard InChI is InChI=1S/C11H13ClF2N2S.2C3H8.CO2/c1-6-2-3-16(5-6)8-4-7(13)11(17-15)10(14)9(8)12;2*1-3-2;2-1-3/h4,6H,2-3,5,15H2,1H3;2*3H2,1-2H3;. The number of hydrogen-bond acceptors (Lipinski definition) is 5. The van der Waals surface area contributed by atoms with Gasteiger partial charge >= 0.3 is 6.15 Å². The van der Waals surface area contributed by atoms with Crippen LogP contribution in [0.4, 0.5) is 14.5 Å². The first-order valence-corrected chi connectivity index (χ1v) is 9.83. The summed E-state index contributed by atoms with van der Waals surface area (Å²) in [5, 5.41) is 5.16. The van der Waals surface area contributed by atoms with Crippen LogP contribution in [-0.2, 0) is 9.59 Å². The topological polar surface area (TPSA) is 63.4 Å². The highest BCUT2D eigenvalue weighted by atomic mass is 35.5. The molecule has 2 N–H and O–H groups in total. The zero-order valence-electron chi connectivity index (χ0n) is 16.1. The van der Waals surface area contributed by atoms with E-state index in [0.717, 1.165) is 19.5 Å². The molecule has 26 heavy (non-hydrogen) atoms. The molecule has 2 rings (SSSR count). The Hall–Kier alpha value is -1.14. The lowest BCUT2D eigenvalue weighted by Gasteiger charge is -2.20. The molecule has 1 fully saturated rings. The minimum atomic E-state index is -0.770. The Bertz CT molecular complexity index is 554. The molecule has 0 amide bonds. The second kappa shape index (κ2) is 16.1. The Kier molecular flexibility index (Phi) is 16.7. The Morgan fingerprint density at radius 3 is 2.08 bits per heavy atom. The van der Waals surface area contributed by atoms with E-state index in [-0.39, 0.29) is 16.1 Å². The van der Waals surface area contributed by atoms with Gasteiger partial charge in [0.15, 0.2) is 5.82 Å². The molecule has 150 valence electrons. The molecule has 1 aromatic rings. The maximum absolute atomic E-state index is 13.8. The van der Waals surface area contributed by atoms with Gasteiger partial charge in [0.05, 0.1) is 10.6 Å². The first kappa shape index (κ1) is 27.1. The van der Waals surface area contributed by atoms with E-state index >= 15 is 0 Å². The van der Waals surface area contributed by atoms with Gasteiger partial charge in [0.2, 0.25) is 0 Å². The van der Waals surface area contributed by atoms with Gasteiger partial charge in [0.25, 0.3) is 0 Å². The molecule has 1 saturated heterocycles. The van der Waals surface area contributed by atoms with Crippen LogP contribution in [0.25, 0.3) is 0 Å². The van der Waals surface area contributed by atoms with Crippen molar-refractivity contribution in [3.05, 3.63) is 22.7 Å². The number of anilines is 1. The fourth-order valence-electron chi connectivity index (χ4n) is 2.06. The minimum Gasteiger partial charge on any atom is -0.370 e. The van der Waals surface area contributed by atoms with Crippen LogP contribution >= 0.6 is 23.5 Å². The molecular formula is C18H29ClF2N2O2S. The second-order valence-electron chi connectivity index (χ2n) is 5.79. The smallest absolute Gasteiger partial charge is 0.370 e. The Morgan fingerprint density at radius 2 is 1.73 bits per heavy atom. The van der Waals surface area contributed by atoms with Gasteiger partial charge < -0.3 is 4.90 Å². The van der Waals surface area contributed by atoms with Gasteiger partial charge in [-0.1, -0.05) is 59.1 Å². The Labute approximate surface area is 164 Å². The van der Waals surface area contributed by atoms with Crippen molar-refractivity contribution in [1.82, 2.24) is 0 Å². The molecule has 1 aliphatic heterocycles. The molecule has 1 atom stereocenters. The molecule has 1 heterocycles. The molecule has 1 aliphatic rings. The summed E-state index contributed by atoms with van der Waals surface area (Å²) in [4.78, 5) is 17.9. The highest BCUT2D eigenvalue weighted by Gasteiger charge is 2.25. The molecule has 1 unspecified atom stereocenters. The monoisotopic (exact) mass is 410 g/mol. The van der Waals surface area contributed by atoms with E-state index in [9.17, 15) is 8.78 Å². The lowest BCUT2D eigenvalue weighted by Crippen LogP contribution is -2.20. The van der Waals surface area contributed by atoms with E-state index in [1.807, 2.05) is 4.90 Å². The molecule has 0 bridgehead atoms. The van der Waals surface area contributed by atoms with Gasteiger partial charge in [-0.2, -0.15) is 9.59 Å². The lowest BCUT2D eigenvalue weighted by atomic mass is 10.2. The minimum absolute atomic E-state index is 0.0477. The van der Waals surface area contributed by atoms with Gasteiger partial charge in [-0.3, -0.25) is 5.14 Å². The van der Waals surface area contributed by atoms with Crippen LogP contribution in [0.3, 0.4) is 0 Å². The first-order chi connectivity index (χ1) is 12.3. The largest absolute Gasteiger partial charge is 0.373 e. The summed E-state index contributed by atoms with van der Waals surface area (Å²) in [6.07, 6.45) is 3.76. The lowest BCUT2D eigenvalue weighted by molar-refractivity contribution is -0.191. The normalized spacial score (nSPS) is 14.8. The number of nitrogens with two attached hydrogens (primary N) is 1. The van der Waals surface area contributed by atoms with Crippen molar-refractivity contribution in [2.24, 2.45) is 11.1 Å². The first-order valence-electron chi connectivity index (χ1n) is 8.57. The molecule has 0 aromatic heterocycles. The second-order valence-corrected chi connectivity index (χ2v) is 6.81. The molecule has 0 spiro atoms. The van der Waals surface area contributed by atoms with Gasteiger partial charge in [-0.05, 0) is 24.3 Å². The third-order valence-electron chi connectivity index (χ3n) is 2.98. The predicted octanol–water partition coefficient (Wildman–Crippen LogP) is 5.68. The SMILES string of the molecule is CC1CCN(c2cc(F)c(SN)c(F)c2Cl)C1.CCC.CCC.O=C=O. The third-order valence-corrected chi connectivity index (χ3v) is 3.95. The van der Waals surface area contributed by atoms with Gasteiger partial charge in [0, 0.05) is 19.2 Å². The molecule has 8 heteroatoms. The van der Waals surface area contributed by atoms with Crippen LogP contribution in [0.2, 0.25) is 5.02 Å². The molecule has 0 radical (unpaired) electrons.